The Labute approximate surface area is 204 Å². The molecule has 0 radical (unpaired) electrons. The van der Waals surface area contributed by atoms with Gasteiger partial charge in [-0.3, -0.25) is 14.4 Å². The highest BCUT2D eigenvalue weighted by Crippen LogP contribution is 2.59. The summed E-state index contributed by atoms with van der Waals surface area (Å²) < 4.78 is 11.6. The van der Waals surface area contributed by atoms with Crippen LogP contribution in [0.4, 0.5) is 5.69 Å². The van der Waals surface area contributed by atoms with Crippen molar-refractivity contribution in [1.29, 1.82) is 0 Å². The quantitative estimate of drug-likeness (QED) is 0.422. The number of halogens is 1. The summed E-state index contributed by atoms with van der Waals surface area (Å²) in [5, 5.41) is 9.87. The van der Waals surface area contributed by atoms with Crippen LogP contribution in [0.3, 0.4) is 0 Å². The third-order valence-corrected chi connectivity index (χ3v) is 7.49. The number of para-hydroxylation sites is 1. The Morgan fingerprint density at radius 3 is 2.85 bits per heavy atom. The van der Waals surface area contributed by atoms with Crippen molar-refractivity contribution in [2.45, 2.75) is 50.9 Å². The molecule has 0 aliphatic carbocycles. The standard InChI is InChI=1S/C25H31ClN2O6/c1-4-12-27(20-15(3)8-6-9-16(20)26)23(31)21-25-11-10-17(34-25)18(24(32)33-5-2)19(25)22(30)28(21)13-7-14-29/h4,6,8-9,17-19,21,29H,1,5,7,10-14H2,2-3H3/t17-,18+,19+,21?,25?/m1/s1. The summed E-state index contributed by atoms with van der Waals surface area (Å²) >= 11 is 6.51. The maximum Gasteiger partial charge on any atom is 0.312 e. The van der Waals surface area contributed by atoms with Gasteiger partial charge in [0, 0.05) is 19.7 Å². The number of aliphatic hydroxyl groups is 1. The van der Waals surface area contributed by atoms with Crippen molar-refractivity contribution in [2.75, 3.05) is 31.2 Å². The minimum absolute atomic E-state index is 0.132. The summed E-state index contributed by atoms with van der Waals surface area (Å²) in [5.74, 6) is -2.65. The van der Waals surface area contributed by atoms with Crippen LogP contribution in [0.15, 0.2) is 30.9 Å². The Kier molecular flexibility index (Phi) is 7.03. The van der Waals surface area contributed by atoms with E-state index in [0.29, 0.717) is 30.0 Å². The highest BCUT2D eigenvalue weighted by atomic mass is 35.5. The first kappa shape index (κ1) is 24.7. The van der Waals surface area contributed by atoms with Crippen molar-refractivity contribution in [2.24, 2.45) is 11.8 Å². The van der Waals surface area contributed by atoms with Crippen LogP contribution in [0, 0.1) is 18.8 Å². The van der Waals surface area contributed by atoms with Crippen LogP contribution in [0.25, 0.3) is 0 Å². The lowest BCUT2D eigenvalue weighted by molar-refractivity contribution is -0.154. The normalized spacial score (nSPS) is 29.3. The SMILES string of the molecule is C=CCN(C(=O)C1N(CCCO)C(=O)[C@@H]2[C@@H](C(=O)OCC)[C@H]3CCC12O3)c1c(C)cccc1Cl. The maximum atomic E-state index is 14.3. The van der Waals surface area contributed by atoms with Crippen molar-refractivity contribution < 1.29 is 29.0 Å². The van der Waals surface area contributed by atoms with Crippen LogP contribution in [-0.2, 0) is 23.9 Å². The van der Waals surface area contributed by atoms with E-state index >= 15 is 0 Å². The molecule has 9 heteroatoms. The number of hydrogen-bond donors (Lipinski definition) is 1. The van der Waals surface area contributed by atoms with Gasteiger partial charge in [-0.2, -0.15) is 0 Å². The smallest absolute Gasteiger partial charge is 0.312 e. The first-order chi connectivity index (χ1) is 16.3. The van der Waals surface area contributed by atoms with Crippen LogP contribution >= 0.6 is 11.6 Å². The van der Waals surface area contributed by atoms with E-state index in [2.05, 4.69) is 6.58 Å². The van der Waals surface area contributed by atoms with Gasteiger partial charge in [-0.15, -0.1) is 6.58 Å². The number of nitrogens with zero attached hydrogens (tertiary/aromatic N) is 2. The monoisotopic (exact) mass is 490 g/mol. The summed E-state index contributed by atoms with van der Waals surface area (Å²) in [6.07, 6.45) is 2.51. The van der Waals surface area contributed by atoms with Crippen molar-refractivity contribution in [3.63, 3.8) is 0 Å². The molecule has 4 rings (SSSR count). The molecule has 3 aliphatic rings. The summed E-state index contributed by atoms with van der Waals surface area (Å²) in [7, 11) is 0. The Balaban J connectivity index is 1.79. The van der Waals surface area contributed by atoms with Crippen LogP contribution in [-0.4, -0.2) is 71.8 Å². The van der Waals surface area contributed by atoms with Crippen LogP contribution in [0.2, 0.25) is 5.02 Å². The van der Waals surface area contributed by atoms with E-state index < -0.39 is 35.6 Å². The number of aryl methyl sites for hydroxylation is 1. The molecule has 3 fully saturated rings. The fraction of sp³-hybridized carbons (Fsp3) is 0.560. The number of rotatable bonds is 9. The molecule has 34 heavy (non-hydrogen) atoms. The average Bonchev–Trinajstić information content (AvgIpc) is 3.44. The second-order valence-corrected chi connectivity index (χ2v) is 9.47. The van der Waals surface area contributed by atoms with Gasteiger partial charge in [0.25, 0.3) is 5.91 Å². The molecule has 0 saturated carbocycles. The molecule has 1 aromatic carbocycles. The molecular weight excluding hydrogens is 460 g/mol. The molecule has 184 valence electrons. The number of amides is 2. The Bertz CT molecular complexity index is 979. The summed E-state index contributed by atoms with van der Waals surface area (Å²) in [5.41, 5.74) is 0.238. The van der Waals surface area contributed by atoms with E-state index in [9.17, 15) is 19.5 Å². The highest BCUT2D eigenvalue weighted by Gasteiger charge is 2.75. The first-order valence-electron chi connectivity index (χ1n) is 11.8. The van der Waals surface area contributed by atoms with E-state index in [1.54, 1.807) is 24.0 Å². The van der Waals surface area contributed by atoms with E-state index in [4.69, 9.17) is 21.1 Å². The van der Waals surface area contributed by atoms with Gasteiger partial charge in [-0.05, 0) is 44.7 Å². The minimum Gasteiger partial charge on any atom is -0.466 e. The predicted molar refractivity (Wildman–Crippen MR) is 126 cm³/mol. The fourth-order valence-electron chi connectivity index (χ4n) is 5.95. The third kappa shape index (κ3) is 3.72. The molecule has 3 saturated heterocycles. The van der Waals surface area contributed by atoms with Crippen molar-refractivity contribution >= 4 is 35.1 Å². The van der Waals surface area contributed by atoms with E-state index in [1.165, 1.54) is 4.90 Å². The number of hydrogen-bond acceptors (Lipinski definition) is 6. The zero-order chi connectivity index (χ0) is 24.6. The maximum absolute atomic E-state index is 14.3. The zero-order valence-corrected chi connectivity index (χ0v) is 20.3. The molecule has 1 N–H and O–H groups in total. The van der Waals surface area contributed by atoms with E-state index in [1.807, 2.05) is 19.1 Å². The van der Waals surface area contributed by atoms with Gasteiger partial charge in [0.05, 0.1) is 35.3 Å². The minimum atomic E-state index is -1.12. The fourth-order valence-corrected chi connectivity index (χ4v) is 6.28. The molecule has 5 atom stereocenters. The van der Waals surface area contributed by atoms with Gasteiger partial charge in [0.2, 0.25) is 5.91 Å². The Morgan fingerprint density at radius 1 is 1.44 bits per heavy atom. The number of fused-ring (bicyclic) bond motifs is 1. The molecule has 0 aromatic heterocycles. The third-order valence-electron chi connectivity index (χ3n) is 7.19. The summed E-state index contributed by atoms with van der Waals surface area (Å²) in [6, 6.07) is 4.44. The molecule has 3 aliphatic heterocycles. The molecule has 2 bridgehead atoms. The Hall–Kier alpha value is -2.42. The lowest BCUT2D eigenvalue weighted by atomic mass is 9.70. The highest BCUT2D eigenvalue weighted by molar-refractivity contribution is 6.34. The number of likely N-dealkylation sites (tertiary alicyclic amines) is 1. The largest absolute Gasteiger partial charge is 0.466 e. The van der Waals surface area contributed by atoms with Gasteiger partial charge < -0.3 is 24.4 Å². The van der Waals surface area contributed by atoms with Crippen molar-refractivity contribution in [3.05, 3.63) is 41.4 Å². The van der Waals surface area contributed by atoms with Gasteiger partial charge in [0.15, 0.2) is 0 Å². The molecule has 8 nitrogen and oxygen atoms in total. The number of carbonyl (C=O) groups is 3. The van der Waals surface area contributed by atoms with E-state index in [0.717, 1.165) is 5.56 Å². The molecule has 2 unspecified atom stereocenters. The number of benzene rings is 1. The van der Waals surface area contributed by atoms with Gasteiger partial charge in [-0.25, -0.2) is 0 Å². The van der Waals surface area contributed by atoms with Crippen LogP contribution in [0.1, 0.15) is 31.7 Å². The number of anilines is 1. The van der Waals surface area contributed by atoms with Crippen molar-refractivity contribution in [3.8, 4) is 0 Å². The topological polar surface area (TPSA) is 96.4 Å². The molecule has 1 aromatic rings. The number of carbonyl (C=O) groups excluding carboxylic acids is 3. The first-order valence-corrected chi connectivity index (χ1v) is 12.1. The molecule has 2 amide bonds. The van der Waals surface area contributed by atoms with Gasteiger partial charge in [-0.1, -0.05) is 29.8 Å². The predicted octanol–water partition coefficient (Wildman–Crippen LogP) is 2.49. The summed E-state index contributed by atoms with van der Waals surface area (Å²) in [4.78, 5) is 43.8. The molecule has 1 spiro atoms. The average molecular weight is 491 g/mol. The van der Waals surface area contributed by atoms with E-state index in [-0.39, 0.29) is 38.1 Å². The lowest BCUT2D eigenvalue weighted by Crippen LogP contribution is -2.56. The molecular formula is C25H31ClN2O6. The van der Waals surface area contributed by atoms with Crippen molar-refractivity contribution in [1.82, 2.24) is 4.90 Å². The number of ether oxygens (including phenoxy) is 2. The summed E-state index contributed by atoms with van der Waals surface area (Å²) in [6.45, 7) is 7.82. The molecule has 3 heterocycles. The van der Waals surface area contributed by atoms with Gasteiger partial charge >= 0.3 is 5.97 Å². The second kappa shape index (κ2) is 9.68. The Morgan fingerprint density at radius 2 is 2.21 bits per heavy atom. The van der Waals surface area contributed by atoms with Gasteiger partial charge in [0.1, 0.15) is 11.6 Å². The zero-order valence-electron chi connectivity index (χ0n) is 19.5. The number of esters is 1. The second-order valence-electron chi connectivity index (χ2n) is 9.06. The van der Waals surface area contributed by atoms with Crippen LogP contribution in [0.5, 0.6) is 0 Å². The number of aliphatic hydroxyl groups excluding tert-OH is 1. The van der Waals surface area contributed by atoms with Crippen LogP contribution < -0.4 is 4.90 Å². The lowest BCUT2D eigenvalue weighted by Gasteiger charge is -2.37.